The maximum absolute atomic E-state index is 6.78. The molecule has 52 valence electrons. The second-order valence-electron chi connectivity index (χ2n) is 2.35. The highest BCUT2D eigenvalue weighted by atomic mass is 15.0. The molecule has 1 atom stereocenters. The van der Waals surface area contributed by atoms with Crippen LogP contribution in [0.2, 0.25) is 0 Å². The molecule has 0 bridgehead atoms. The molecule has 1 aliphatic heterocycles. The van der Waals surface area contributed by atoms with Crippen molar-refractivity contribution < 1.29 is 0 Å². The van der Waals surface area contributed by atoms with Gasteiger partial charge in [0.1, 0.15) is 0 Å². The first-order valence-corrected chi connectivity index (χ1v) is 3.39. The van der Waals surface area contributed by atoms with Crippen LogP contribution in [0, 0.1) is 5.41 Å². The Balaban J connectivity index is 2.15. The molecule has 3 N–H and O–H groups in total. The standard InChI is InChI=1S/C6H13N3/c7-5-9-6-2-1-3-8-4-6/h5-6,8H,1-4H2,(H2,7,9). The van der Waals surface area contributed by atoms with Crippen molar-refractivity contribution in [3.63, 3.8) is 0 Å². The first kappa shape index (κ1) is 6.55. The Labute approximate surface area is 55.3 Å². The van der Waals surface area contributed by atoms with Gasteiger partial charge in [-0.2, -0.15) is 0 Å². The summed E-state index contributed by atoms with van der Waals surface area (Å²) in [6, 6.07) is 0.497. The third-order valence-electron chi connectivity index (χ3n) is 1.62. The van der Waals surface area contributed by atoms with Crippen LogP contribution in [-0.2, 0) is 0 Å². The zero-order chi connectivity index (χ0) is 6.53. The van der Waals surface area contributed by atoms with E-state index >= 15 is 0 Å². The van der Waals surface area contributed by atoms with Crippen molar-refractivity contribution >= 4 is 6.34 Å². The summed E-state index contributed by atoms with van der Waals surface area (Å²) in [5.74, 6) is 0. The molecule has 1 rings (SSSR count). The lowest BCUT2D eigenvalue weighted by Crippen LogP contribution is -2.42. The number of nitrogens with one attached hydrogen (secondary N) is 3. The molecule has 0 spiro atoms. The van der Waals surface area contributed by atoms with Gasteiger partial charge in [-0.25, -0.2) is 0 Å². The Kier molecular flexibility index (Phi) is 2.51. The average molecular weight is 127 g/mol. The molecule has 1 aliphatic rings. The van der Waals surface area contributed by atoms with Crippen molar-refractivity contribution in [2.24, 2.45) is 0 Å². The fourth-order valence-electron chi connectivity index (χ4n) is 1.11. The van der Waals surface area contributed by atoms with E-state index in [1.807, 2.05) is 0 Å². The third-order valence-corrected chi connectivity index (χ3v) is 1.62. The minimum atomic E-state index is 0.497. The lowest BCUT2D eigenvalue weighted by molar-refractivity contribution is 0.433. The van der Waals surface area contributed by atoms with Crippen LogP contribution in [0.1, 0.15) is 12.8 Å². The monoisotopic (exact) mass is 127 g/mol. The van der Waals surface area contributed by atoms with Crippen molar-refractivity contribution in [3.8, 4) is 0 Å². The molecule has 1 heterocycles. The molecule has 9 heavy (non-hydrogen) atoms. The molecular formula is C6H13N3. The molecule has 1 unspecified atom stereocenters. The van der Waals surface area contributed by atoms with E-state index in [1.165, 1.54) is 19.2 Å². The van der Waals surface area contributed by atoms with Crippen LogP contribution in [0.15, 0.2) is 0 Å². The van der Waals surface area contributed by atoms with Gasteiger partial charge in [0, 0.05) is 12.6 Å². The molecule has 0 radical (unpaired) electrons. The normalized spacial score (nSPS) is 27.3. The molecule has 0 aromatic rings. The Hall–Kier alpha value is -0.570. The van der Waals surface area contributed by atoms with Gasteiger partial charge < -0.3 is 10.6 Å². The van der Waals surface area contributed by atoms with Gasteiger partial charge in [0.25, 0.3) is 0 Å². The molecule has 1 saturated heterocycles. The summed E-state index contributed by atoms with van der Waals surface area (Å²) in [5, 5.41) is 13.0. The smallest absolute Gasteiger partial charge is 0.0793 e. The lowest BCUT2D eigenvalue weighted by Gasteiger charge is -2.21. The summed E-state index contributed by atoms with van der Waals surface area (Å²) in [6.45, 7) is 2.14. The topological polar surface area (TPSA) is 47.9 Å². The molecule has 0 saturated carbocycles. The molecular weight excluding hydrogens is 114 g/mol. The second kappa shape index (κ2) is 3.45. The molecule has 3 heteroatoms. The van der Waals surface area contributed by atoms with Gasteiger partial charge in [-0.3, -0.25) is 5.41 Å². The molecule has 0 aromatic heterocycles. The first-order chi connectivity index (χ1) is 4.43. The Morgan fingerprint density at radius 3 is 3.11 bits per heavy atom. The Bertz CT molecular complexity index is 86.3. The summed E-state index contributed by atoms with van der Waals surface area (Å²) >= 11 is 0. The fourth-order valence-corrected chi connectivity index (χ4v) is 1.11. The Morgan fingerprint density at radius 1 is 1.67 bits per heavy atom. The largest absolute Gasteiger partial charge is 0.373 e. The van der Waals surface area contributed by atoms with Crippen molar-refractivity contribution in [2.75, 3.05) is 13.1 Å². The number of piperidine rings is 1. The minimum absolute atomic E-state index is 0.497. The van der Waals surface area contributed by atoms with Crippen LogP contribution in [0.25, 0.3) is 0 Å². The van der Waals surface area contributed by atoms with E-state index in [0.29, 0.717) is 6.04 Å². The quantitative estimate of drug-likeness (QED) is 0.359. The molecule has 1 fully saturated rings. The van der Waals surface area contributed by atoms with Crippen molar-refractivity contribution in [1.29, 1.82) is 5.41 Å². The molecule has 0 amide bonds. The summed E-state index contributed by atoms with van der Waals surface area (Å²) in [5.41, 5.74) is 0. The van der Waals surface area contributed by atoms with E-state index in [1.54, 1.807) is 0 Å². The van der Waals surface area contributed by atoms with Crippen molar-refractivity contribution in [2.45, 2.75) is 18.9 Å². The zero-order valence-corrected chi connectivity index (χ0v) is 5.48. The Morgan fingerprint density at radius 2 is 2.56 bits per heavy atom. The van der Waals surface area contributed by atoms with Gasteiger partial charge in [-0.1, -0.05) is 0 Å². The number of rotatable bonds is 2. The summed E-state index contributed by atoms with van der Waals surface area (Å²) < 4.78 is 0. The van der Waals surface area contributed by atoms with Gasteiger partial charge in [-0.15, -0.1) is 0 Å². The van der Waals surface area contributed by atoms with Crippen molar-refractivity contribution in [1.82, 2.24) is 10.6 Å². The fraction of sp³-hybridized carbons (Fsp3) is 0.833. The van der Waals surface area contributed by atoms with E-state index in [4.69, 9.17) is 5.41 Å². The number of hydrogen-bond acceptors (Lipinski definition) is 2. The first-order valence-electron chi connectivity index (χ1n) is 3.39. The van der Waals surface area contributed by atoms with Gasteiger partial charge in [0.2, 0.25) is 0 Å². The van der Waals surface area contributed by atoms with Crippen LogP contribution >= 0.6 is 0 Å². The zero-order valence-electron chi connectivity index (χ0n) is 5.48. The maximum atomic E-state index is 6.78. The highest BCUT2D eigenvalue weighted by molar-refractivity contribution is 5.50. The summed E-state index contributed by atoms with van der Waals surface area (Å²) in [4.78, 5) is 0. The van der Waals surface area contributed by atoms with Crippen LogP contribution in [0.5, 0.6) is 0 Å². The van der Waals surface area contributed by atoms with Gasteiger partial charge in [0.05, 0.1) is 6.34 Å². The predicted molar refractivity (Wildman–Crippen MR) is 37.8 cm³/mol. The van der Waals surface area contributed by atoms with E-state index in [9.17, 15) is 0 Å². The summed E-state index contributed by atoms with van der Waals surface area (Å²) in [7, 11) is 0. The van der Waals surface area contributed by atoms with Gasteiger partial charge in [0.15, 0.2) is 0 Å². The van der Waals surface area contributed by atoms with E-state index in [0.717, 1.165) is 13.1 Å². The van der Waals surface area contributed by atoms with Crippen molar-refractivity contribution in [3.05, 3.63) is 0 Å². The van der Waals surface area contributed by atoms with Gasteiger partial charge >= 0.3 is 0 Å². The van der Waals surface area contributed by atoms with Crippen LogP contribution in [0.4, 0.5) is 0 Å². The average Bonchev–Trinajstić information content (AvgIpc) is 1.91. The van der Waals surface area contributed by atoms with E-state index in [2.05, 4.69) is 10.6 Å². The van der Waals surface area contributed by atoms with E-state index in [-0.39, 0.29) is 0 Å². The predicted octanol–water partition coefficient (Wildman–Crippen LogP) is -0.0649. The SMILES string of the molecule is N=CNC1CCCNC1. The minimum Gasteiger partial charge on any atom is -0.373 e. The third kappa shape index (κ3) is 2.01. The van der Waals surface area contributed by atoms with Crippen LogP contribution in [0.3, 0.4) is 0 Å². The highest BCUT2D eigenvalue weighted by Crippen LogP contribution is 1.99. The van der Waals surface area contributed by atoms with Crippen LogP contribution in [-0.4, -0.2) is 25.5 Å². The second-order valence-corrected chi connectivity index (χ2v) is 2.35. The van der Waals surface area contributed by atoms with E-state index < -0.39 is 0 Å². The lowest BCUT2D eigenvalue weighted by atomic mass is 10.1. The molecule has 0 aromatic carbocycles. The molecule has 3 nitrogen and oxygen atoms in total. The van der Waals surface area contributed by atoms with Gasteiger partial charge in [-0.05, 0) is 19.4 Å². The highest BCUT2D eigenvalue weighted by Gasteiger charge is 2.09. The number of hydrogen-bond donors (Lipinski definition) is 3. The molecule has 0 aliphatic carbocycles. The summed E-state index contributed by atoms with van der Waals surface area (Å²) in [6.07, 6.45) is 3.70. The van der Waals surface area contributed by atoms with Crippen LogP contribution < -0.4 is 10.6 Å². The maximum Gasteiger partial charge on any atom is 0.0793 e.